The van der Waals surface area contributed by atoms with E-state index in [1.54, 1.807) is 0 Å². The molecular weight excluding hydrogens is 264 g/mol. The SMILES string of the molecule is C=CC(C)Nc1nccc2c(Br)cccc12. The number of hydrogen-bond acceptors (Lipinski definition) is 2. The van der Waals surface area contributed by atoms with Crippen LogP contribution in [-0.4, -0.2) is 11.0 Å². The van der Waals surface area contributed by atoms with E-state index >= 15 is 0 Å². The lowest BCUT2D eigenvalue weighted by molar-refractivity contribution is 0.989. The van der Waals surface area contributed by atoms with Gasteiger partial charge in [0.05, 0.1) is 0 Å². The predicted molar refractivity (Wildman–Crippen MR) is 72.7 cm³/mol. The minimum atomic E-state index is 0.206. The molecule has 0 spiro atoms. The zero-order valence-corrected chi connectivity index (χ0v) is 10.7. The van der Waals surface area contributed by atoms with Crippen LogP contribution in [0.5, 0.6) is 0 Å². The second kappa shape index (κ2) is 4.66. The fraction of sp³-hybridized carbons (Fsp3) is 0.154. The topological polar surface area (TPSA) is 24.9 Å². The molecule has 1 atom stereocenters. The number of nitrogens with zero attached hydrogens (tertiary/aromatic N) is 1. The van der Waals surface area contributed by atoms with Gasteiger partial charge in [-0.15, -0.1) is 6.58 Å². The van der Waals surface area contributed by atoms with Crippen molar-refractivity contribution in [2.24, 2.45) is 0 Å². The van der Waals surface area contributed by atoms with Crippen LogP contribution in [0, 0.1) is 0 Å². The quantitative estimate of drug-likeness (QED) is 0.858. The average molecular weight is 277 g/mol. The highest BCUT2D eigenvalue weighted by Gasteiger charge is 2.05. The lowest BCUT2D eigenvalue weighted by Crippen LogP contribution is -2.12. The van der Waals surface area contributed by atoms with E-state index in [0.717, 1.165) is 21.1 Å². The molecule has 2 rings (SSSR count). The molecule has 1 unspecified atom stereocenters. The summed E-state index contributed by atoms with van der Waals surface area (Å²) in [6.07, 6.45) is 3.67. The third-order valence-corrected chi connectivity index (χ3v) is 3.16. The highest BCUT2D eigenvalue weighted by atomic mass is 79.9. The van der Waals surface area contributed by atoms with Crippen LogP contribution >= 0.6 is 15.9 Å². The highest BCUT2D eigenvalue weighted by Crippen LogP contribution is 2.27. The van der Waals surface area contributed by atoms with Gasteiger partial charge in [0.2, 0.25) is 0 Å². The molecule has 1 aromatic carbocycles. The van der Waals surface area contributed by atoms with Crippen molar-refractivity contribution in [3.8, 4) is 0 Å². The fourth-order valence-electron chi connectivity index (χ4n) is 1.56. The Labute approximate surface area is 104 Å². The van der Waals surface area contributed by atoms with Gasteiger partial charge in [-0.3, -0.25) is 0 Å². The van der Waals surface area contributed by atoms with Crippen molar-refractivity contribution >= 4 is 32.5 Å². The second-order valence-electron chi connectivity index (χ2n) is 3.66. The molecule has 1 N–H and O–H groups in total. The Morgan fingerprint density at radius 1 is 1.38 bits per heavy atom. The Kier molecular flexibility index (Phi) is 3.25. The number of aromatic nitrogens is 1. The van der Waals surface area contributed by atoms with Crippen molar-refractivity contribution in [2.45, 2.75) is 13.0 Å². The van der Waals surface area contributed by atoms with E-state index in [9.17, 15) is 0 Å². The first kappa shape index (κ1) is 11.1. The van der Waals surface area contributed by atoms with Gasteiger partial charge in [0.25, 0.3) is 0 Å². The van der Waals surface area contributed by atoms with Crippen molar-refractivity contribution < 1.29 is 0 Å². The van der Waals surface area contributed by atoms with Crippen LogP contribution in [0.3, 0.4) is 0 Å². The summed E-state index contributed by atoms with van der Waals surface area (Å²) in [5.74, 6) is 0.895. The predicted octanol–water partition coefficient (Wildman–Crippen LogP) is 3.98. The summed E-state index contributed by atoms with van der Waals surface area (Å²) in [6, 6.07) is 8.31. The number of fused-ring (bicyclic) bond motifs is 1. The maximum Gasteiger partial charge on any atom is 0.134 e. The molecule has 16 heavy (non-hydrogen) atoms. The molecule has 1 heterocycles. The lowest BCUT2D eigenvalue weighted by Gasteiger charge is -2.12. The number of pyridine rings is 1. The van der Waals surface area contributed by atoms with Gasteiger partial charge in [0.15, 0.2) is 0 Å². The third-order valence-electron chi connectivity index (χ3n) is 2.47. The zero-order valence-electron chi connectivity index (χ0n) is 9.07. The normalized spacial score (nSPS) is 12.4. The fourth-order valence-corrected chi connectivity index (χ4v) is 2.06. The molecule has 0 aliphatic carbocycles. The summed E-state index contributed by atoms with van der Waals surface area (Å²) in [7, 11) is 0. The summed E-state index contributed by atoms with van der Waals surface area (Å²) < 4.78 is 1.08. The Hall–Kier alpha value is -1.35. The Morgan fingerprint density at radius 3 is 2.94 bits per heavy atom. The van der Waals surface area contributed by atoms with Crippen LogP contribution in [-0.2, 0) is 0 Å². The van der Waals surface area contributed by atoms with Crippen LogP contribution in [0.1, 0.15) is 6.92 Å². The number of nitrogens with one attached hydrogen (secondary N) is 1. The average Bonchev–Trinajstić information content (AvgIpc) is 2.30. The molecule has 0 aliphatic heterocycles. The van der Waals surface area contributed by atoms with E-state index in [2.05, 4.69) is 38.9 Å². The molecule has 1 aromatic heterocycles. The maximum absolute atomic E-state index is 4.36. The monoisotopic (exact) mass is 276 g/mol. The van der Waals surface area contributed by atoms with Crippen molar-refractivity contribution in [3.63, 3.8) is 0 Å². The van der Waals surface area contributed by atoms with Crippen LogP contribution in [0.4, 0.5) is 5.82 Å². The maximum atomic E-state index is 4.36. The third kappa shape index (κ3) is 2.09. The van der Waals surface area contributed by atoms with Gasteiger partial charge in [0.1, 0.15) is 5.82 Å². The molecule has 0 fully saturated rings. The molecule has 0 radical (unpaired) electrons. The van der Waals surface area contributed by atoms with E-state index in [4.69, 9.17) is 0 Å². The molecule has 0 saturated carbocycles. The van der Waals surface area contributed by atoms with Crippen LogP contribution < -0.4 is 5.32 Å². The molecule has 0 amide bonds. The van der Waals surface area contributed by atoms with Crippen molar-refractivity contribution in [3.05, 3.63) is 47.6 Å². The van der Waals surface area contributed by atoms with Gasteiger partial charge in [-0.05, 0) is 19.1 Å². The Bertz CT molecular complexity index is 522. The van der Waals surface area contributed by atoms with Gasteiger partial charge >= 0.3 is 0 Å². The summed E-state index contributed by atoms with van der Waals surface area (Å²) in [5.41, 5.74) is 0. The number of rotatable bonds is 3. The number of hydrogen-bond donors (Lipinski definition) is 1. The zero-order chi connectivity index (χ0) is 11.5. The highest BCUT2D eigenvalue weighted by molar-refractivity contribution is 9.10. The molecule has 0 saturated heterocycles. The van der Waals surface area contributed by atoms with Crippen LogP contribution in [0.15, 0.2) is 47.6 Å². The lowest BCUT2D eigenvalue weighted by atomic mass is 10.1. The van der Waals surface area contributed by atoms with E-state index < -0.39 is 0 Å². The molecular formula is C13H13BrN2. The summed E-state index contributed by atoms with van der Waals surface area (Å²) in [5, 5.41) is 5.59. The number of halogens is 1. The van der Waals surface area contributed by atoms with Gasteiger partial charge in [-0.25, -0.2) is 4.98 Å². The minimum Gasteiger partial charge on any atom is -0.364 e. The molecule has 3 heteroatoms. The number of anilines is 1. The molecule has 0 aliphatic rings. The van der Waals surface area contributed by atoms with Crippen molar-refractivity contribution in [2.75, 3.05) is 5.32 Å². The standard InChI is InChI=1S/C13H13BrN2/c1-3-9(2)16-13-11-5-4-6-12(14)10(11)7-8-15-13/h3-9H,1H2,2H3,(H,15,16). The van der Waals surface area contributed by atoms with Gasteiger partial charge in [-0.2, -0.15) is 0 Å². The van der Waals surface area contributed by atoms with Crippen LogP contribution in [0.2, 0.25) is 0 Å². The van der Waals surface area contributed by atoms with Gasteiger partial charge in [-0.1, -0.05) is 34.1 Å². The smallest absolute Gasteiger partial charge is 0.134 e. The van der Waals surface area contributed by atoms with Gasteiger partial charge < -0.3 is 5.32 Å². The minimum absolute atomic E-state index is 0.206. The first-order valence-electron chi connectivity index (χ1n) is 5.14. The largest absolute Gasteiger partial charge is 0.364 e. The summed E-state index contributed by atoms with van der Waals surface area (Å²) in [4.78, 5) is 4.36. The summed E-state index contributed by atoms with van der Waals surface area (Å²) in [6.45, 7) is 5.80. The van der Waals surface area contributed by atoms with E-state index in [-0.39, 0.29) is 6.04 Å². The molecule has 0 bridgehead atoms. The first-order chi connectivity index (χ1) is 7.72. The number of benzene rings is 1. The Morgan fingerprint density at radius 2 is 2.19 bits per heavy atom. The second-order valence-corrected chi connectivity index (χ2v) is 4.52. The summed E-state index contributed by atoms with van der Waals surface area (Å²) >= 11 is 3.54. The van der Waals surface area contributed by atoms with Crippen molar-refractivity contribution in [1.29, 1.82) is 0 Å². The van der Waals surface area contributed by atoms with E-state index in [1.807, 2.05) is 37.4 Å². The van der Waals surface area contributed by atoms with E-state index in [1.165, 1.54) is 0 Å². The molecule has 82 valence electrons. The Balaban J connectivity index is 2.53. The van der Waals surface area contributed by atoms with Gasteiger partial charge in [0, 0.05) is 27.5 Å². The van der Waals surface area contributed by atoms with Crippen molar-refractivity contribution in [1.82, 2.24) is 4.98 Å². The molecule has 2 nitrogen and oxygen atoms in total. The van der Waals surface area contributed by atoms with Crippen LogP contribution in [0.25, 0.3) is 10.8 Å². The first-order valence-corrected chi connectivity index (χ1v) is 5.94. The van der Waals surface area contributed by atoms with E-state index in [0.29, 0.717) is 0 Å². The molecule has 2 aromatic rings.